The van der Waals surface area contributed by atoms with Gasteiger partial charge in [-0.05, 0) is 19.9 Å². The van der Waals surface area contributed by atoms with Gasteiger partial charge in [0, 0.05) is 44.3 Å². The minimum Gasteiger partial charge on any atom is -0.313 e. The molecule has 2 heterocycles. The zero-order valence-electron chi connectivity index (χ0n) is 10.4. The van der Waals surface area contributed by atoms with Crippen LogP contribution in [0.4, 0.5) is 0 Å². The number of likely N-dealkylation sites (N-methyl/N-ethyl adjacent to an activating group) is 1. The van der Waals surface area contributed by atoms with Crippen LogP contribution in [0.25, 0.3) is 0 Å². The maximum atomic E-state index is 3.63. The van der Waals surface area contributed by atoms with Crippen molar-refractivity contribution in [3.63, 3.8) is 0 Å². The Morgan fingerprint density at radius 3 is 2.67 bits per heavy atom. The molecular weight excluding hydrogens is 186 g/mol. The van der Waals surface area contributed by atoms with E-state index in [-0.39, 0.29) is 0 Å². The predicted molar refractivity (Wildman–Crippen MR) is 64.2 cm³/mol. The van der Waals surface area contributed by atoms with Crippen molar-refractivity contribution in [2.24, 2.45) is 0 Å². The fourth-order valence-electron chi connectivity index (χ4n) is 3.29. The van der Waals surface area contributed by atoms with E-state index in [1.54, 1.807) is 0 Å². The molecule has 0 saturated carbocycles. The molecule has 0 radical (unpaired) electrons. The van der Waals surface area contributed by atoms with Crippen LogP contribution in [-0.2, 0) is 0 Å². The summed E-state index contributed by atoms with van der Waals surface area (Å²) in [5, 5.41) is 3.63. The number of nitrogens with zero attached hydrogens (tertiary/aromatic N) is 2. The zero-order valence-corrected chi connectivity index (χ0v) is 10.4. The fourth-order valence-corrected chi connectivity index (χ4v) is 3.29. The van der Waals surface area contributed by atoms with Gasteiger partial charge in [0.25, 0.3) is 0 Å². The van der Waals surface area contributed by atoms with E-state index in [1.165, 1.54) is 45.6 Å². The molecule has 2 aliphatic heterocycles. The SMILES string of the molecule is CCC1(CC)CNCC2CN(C)CCN21. The third-order valence-electron chi connectivity index (χ3n) is 4.45. The lowest BCUT2D eigenvalue weighted by atomic mass is 9.85. The smallest absolute Gasteiger partial charge is 0.0354 e. The van der Waals surface area contributed by atoms with E-state index in [2.05, 4.69) is 36.0 Å². The molecule has 1 N–H and O–H groups in total. The molecule has 1 atom stereocenters. The van der Waals surface area contributed by atoms with E-state index >= 15 is 0 Å². The van der Waals surface area contributed by atoms with Crippen molar-refractivity contribution < 1.29 is 0 Å². The molecule has 2 aliphatic rings. The summed E-state index contributed by atoms with van der Waals surface area (Å²) in [6.07, 6.45) is 2.55. The van der Waals surface area contributed by atoms with Gasteiger partial charge in [0.1, 0.15) is 0 Å². The van der Waals surface area contributed by atoms with Gasteiger partial charge in [0.2, 0.25) is 0 Å². The number of hydrogen-bond acceptors (Lipinski definition) is 3. The third kappa shape index (κ3) is 1.93. The van der Waals surface area contributed by atoms with Gasteiger partial charge in [0.15, 0.2) is 0 Å². The van der Waals surface area contributed by atoms with Gasteiger partial charge in [-0.1, -0.05) is 13.8 Å². The number of piperazine rings is 2. The molecule has 3 nitrogen and oxygen atoms in total. The largest absolute Gasteiger partial charge is 0.313 e. The Morgan fingerprint density at radius 1 is 1.27 bits per heavy atom. The molecule has 0 bridgehead atoms. The molecule has 2 saturated heterocycles. The number of hydrogen-bond donors (Lipinski definition) is 1. The summed E-state index contributed by atoms with van der Waals surface area (Å²) < 4.78 is 0. The summed E-state index contributed by atoms with van der Waals surface area (Å²) in [6.45, 7) is 10.8. The second kappa shape index (κ2) is 4.40. The highest BCUT2D eigenvalue weighted by Gasteiger charge is 2.42. The van der Waals surface area contributed by atoms with Gasteiger partial charge in [0.05, 0.1) is 0 Å². The molecule has 0 spiro atoms. The minimum atomic E-state index is 0.435. The van der Waals surface area contributed by atoms with E-state index in [4.69, 9.17) is 0 Å². The van der Waals surface area contributed by atoms with Crippen molar-refractivity contribution in [3.05, 3.63) is 0 Å². The average Bonchev–Trinajstić information content (AvgIpc) is 2.27. The van der Waals surface area contributed by atoms with E-state index in [1.807, 2.05) is 0 Å². The molecule has 1 unspecified atom stereocenters. The Bertz CT molecular complexity index is 213. The predicted octanol–water partition coefficient (Wildman–Crippen LogP) is 0.764. The van der Waals surface area contributed by atoms with Crippen LogP contribution in [0.15, 0.2) is 0 Å². The highest BCUT2D eigenvalue weighted by atomic mass is 15.3. The third-order valence-corrected chi connectivity index (χ3v) is 4.45. The number of fused-ring (bicyclic) bond motifs is 1. The quantitative estimate of drug-likeness (QED) is 0.728. The van der Waals surface area contributed by atoms with Crippen molar-refractivity contribution in [2.75, 3.05) is 39.8 Å². The first-order valence-electron chi connectivity index (χ1n) is 6.38. The van der Waals surface area contributed by atoms with Crippen LogP contribution in [-0.4, -0.2) is 61.2 Å². The topological polar surface area (TPSA) is 18.5 Å². The lowest BCUT2D eigenvalue weighted by Crippen LogP contribution is -2.70. The first-order chi connectivity index (χ1) is 7.22. The summed E-state index contributed by atoms with van der Waals surface area (Å²) in [7, 11) is 2.24. The highest BCUT2D eigenvalue weighted by molar-refractivity contribution is 5.01. The molecule has 88 valence electrons. The van der Waals surface area contributed by atoms with Gasteiger partial charge in [-0.2, -0.15) is 0 Å². The molecule has 3 heteroatoms. The second-order valence-electron chi connectivity index (χ2n) is 5.17. The van der Waals surface area contributed by atoms with Crippen molar-refractivity contribution in [1.82, 2.24) is 15.1 Å². The Balaban J connectivity index is 2.13. The fraction of sp³-hybridized carbons (Fsp3) is 1.00. The van der Waals surface area contributed by atoms with Crippen LogP contribution in [0.1, 0.15) is 26.7 Å². The van der Waals surface area contributed by atoms with Gasteiger partial charge in [-0.15, -0.1) is 0 Å². The molecular formula is C12H25N3. The maximum absolute atomic E-state index is 3.63. The number of rotatable bonds is 2. The molecule has 0 aromatic carbocycles. The maximum Gasteiger partial charge on any atom is 0.0354 e. The van der Waals surface area contributed by atoms with E-state index < -0.39 is 0 Å². The highest BCUT2D eigenvalue weighted by Crippen LogP contribution is 2.30. The molecule has 0 aromatic rings. The Labute approximate surface area is 93.8 Å². The average molecular weight is 211 g/mol. The van der Waals surface area contributed by atoms with Crippen LogP contribution >= 0.6 is 0 Å². The normalized spacial score (nSPS) is 32.6. The minimum absolute atomic E-state index is 0.435. The van der Waals surface area contributed by atoms with E-state index in [0.717, 1.165) is 6.04 Å². The Kier molecular flexibility index (Phi) is 3.33. The first-order valence-corrected chi connectivity index (χ1v) is 6.38. The molecule has 2 fully saturated rings. The van der Waals surface area contributed by atoms with Gasteiger partial charge < -0.3 is 10.2 Å². The summed E-state index contributed by atoms with van der Waals surface area (Å²) >= 11 is 0. The molecule has 0 amide bonds. The van der Waals surface area contributed by atoms with Crippen LogP contribution in [0.3, 0.4) is 0 Å². The number of nitrogens with one attached hydrogen (secondary N) is 1. The van der Waals surface area contributed by atoms with Gasteiger partial charge >= 0.3 is 0 Å². The zero-order chi connectivity index (χ0) is 10.9. The second-order valence-corrected chi connectivity index (χ2v) is 5.17. The molecule has 0 aliphatic carbocycles. The Hall–Kier alpha value is -0.120. The van der Waals surface area contributed by atoms with Crippen LogP contribution in [0.2, 0.25) is 0 Å². The van der Waals surface area contributed by atoms with E-state index in [0.29, 0.717) is 5.54 Å². The van der Waals surface area contributed by atoms with Crippen LogP contribution in [0, 0.1) is 0 Å². The van der Waals surface area contributed by atoms with Gasteiger partial charge in [-0.3, -0.25) is 4.90 Å². The summed E-state index contributed by atoms with van der Waals surface area (Å²) in [5.41, 5.74) is 0.435. The van der Waals surface area contributed by atoms with Crippen molar-refractivity contribution in [3.8, 4) is 0 Å². The first kappa shape index (κ1) is 11.4. The van der Waals surface area contributed by atoms with Crippen molar-refractivity contribution >= 4 is 0 Å². The van der Waals surface area contributed by atoms with E-state index in [9.17, 15) is 0 Å². The van der Waals surface area contributed by atoms with Crippen molar-refractivity contribution in [1.29, 1.82) is 0 Å². The standard InChI is InChI=1S/C12H25N3/c1-4-12(5-2)10-13-8-11-9-14(3)6-7-15(11)12/h11,13H,4-10H2,1-3H3. The van der Waals surface area contributed by atoms with Crippen LogP contribution in [0.5, 0.6) is 0 Å². The summed E-state index contributed by atoms with van der Waals surface area (Å²) in [5.74, 6) is 0. The molecule has 2 rings (SSSR count). The molecule has 15 heavy (non-hydrogen) atoms. The van der Waals surface area contributed by atoms with Crippen molar-refractivity contribution in [2.45, 2.75) is 38.3 Å². The lowest BCUT2D eigenvalue weighted by Gasteiger charge is -2.55. The lowest BCUT2D eigenvalue weighted by molar-refractivity contribution is -0.0356. The van der Waals surface area contributed by atoms with Gasteiger partial charge in [-0.25, -0.2) is 0 Å². The monoisotopic (exact) mass is 211 g/mol. The molecule has 0 aromatic heterocycles. The summed E-state index contributed by atoms with van der Waals surface area (Å²) in [6, 6.07) is 0.734. The summed E-state index contributed by atoms with van der Waals surface area (Å²) in [4.78, 5) is 5.24. The Morgan fingerprint density at radius 2 is 2.00 bits per heavy atom. The van der Waals surface area contributed by atoms with Crippen LogP contribution < -0.4 is 5.32 Å².